The fraction of sp³-hybridized carbons (Fsp3) is 0. The minimum absolute atomic E-state index is 0. The van der Waals surface area contributed by atoms with Gasteiger partial charge in [0.25, 0.3) is 0 Å². The summed E-state index contributed by atoms with van der Waals surface area (Å²) in [5.74, 6) is 0. The van der Waals surface area contributed by atoms with Crippen LogP contribution in [0.5, 0.6) is 0 Å². The summed E-state index contributed by atoms with van der Waals surface area (Å²) in [5, 5.41) is 5.34. The number of thiophene rings is 2. The van der Waals surface area contributed by atoms with E-state index >= 15 is 0 Å². The van der Waals surface area contributed by atoms with Crippen LogP contribution >= 0.6 is 22.7 Å². The maximum Gasteiger partial charge on any atom is 0.0540 e. The van der Waals surface area contributed by atoms with E-state index in [-0.39, 0.29) is 20.1 Å². The van der Waals surface area contributed by atoms with Gasteiger partial charge in [0.05, 0.1) is 9.40 Å². The molecule has 5 aromatic carbocycles. The first-order chi connectivity index (χ1) is 21.8. The molecular formula is C40H24IrN2S2-2. The van der Waals surface area contributed by atoms with Gasteiger partial charge in [-0.15, -0.1) is 94.5 Å². The van der Waals surface area contributed by atoms with E-state index in [1.807, 2.05) is 89.5 Å². The SMILES string of the molecule is [Ir].[c-]1ccccc1-c1cc(-c2cc3c4ccccc4sc3c3sc4ccccc4c23)ccn1.[c-]1ccccc1-c1ccccn1. The zero-order valence-corrected chi connectivity index (χ0v) is 27.9. The summed E-state index contributed by atoms with van der Waals surface area (Å²) in [6.45, 7) is 0. The van der Waals surface area contributed by atoms with Crippen LogP contribution in [0.2, 0.25) is 0 Å². The number of fused-ring (bicyclic) bond motifs is 7. The van der Waals surface area contributed by atoms with Crippen molar-refractivity contribution in [2.75, 3.05) is 0 Å². The van der Waals surface area contributed by atoms with Crippen LogP contribution in [0, 0.1) is 12.1 Å². The van der Waals surface area contributed by atoms with E-state index in [2.05, 4.69) is 94.9 Å². The van der Waals surface area contributed by atoms with Crippen LogP contribution in [-0.2, 0) is 20.1 Å². The second-order valence-electron chi connectivity index (χ2n) is 10.4. The molecule has 0 fully saturated rings. The van der Waals surface area contributed by atoms with Gasteiger partial charge >= 0.3 is 0 Å². The van der Waals surface area contributed by atoms with E-state index in [0.717, 1.165) is 22.5 Å². The number of hydrogen-bond acceptors (Lipinski definition) is 4. The summed E-state index contributed by atoms with van der Waals surface area (Å²) in [6.07, 6.45) is 3.71. The van der Waals surface area contributed by atoms with Gasteiger partial charge in [0.15, 0.2) is 0 Å². The van der Waals surface area contributed by atoms with E-state index in [9.17, 15) is 0 Å². The predicted octanol–water partition coefficient (Wildman–Crippen LogP) is 11.5. The maximum absolute atomic E-state index is 4.64. The number of hydrogen-bond donors (Lipinski definition) is 0. The molecule has 0 saturated heterocycles. The van der Waals surface area contributed by atoms with Crippen molar-refractivity contribution in [3.63, 3.8) is 0 Å². The van der Waals surface area contributed by atoms with Gasteiger partial charge in [-0.25, -0.2) is 0 Å². The van der Waals surface area contributed by atoms with Crippen LogP contribution in [-0.4, -0.2) is 9.97 Å². The van der Waals surface area contributed by atoms with Crippen molar-refractivity contribution in [2.24, 2.45) is 0 Å². The van der Waals surface area contributed by atoms with Crippen LogP contribution in [0.3, 0.4) is 0 Å². The van der Waals surface area contributed by atoms with Crippen LogP contribution in [0.15, 0.2) is 146 Å². The van der Waals surface area contributed by atoms with Gasteiger partial charge in [-0.05, 0) is 52.8 Å². The number of benzene rings is 5. The van der Waals surface area contributed by atoms with Gasteiger partial charge < -0.3 is 9.97 Å². The number of aromatic nitrogens is 2. The Hall–Kier alpha value is -4.51. The predicted molar refractivity (Wildman–Crippen MR) is 188 cm³/mol. The molecule has 0 unspecified atom stereocenters. The first-order valence-corrected chi connectivity index (χ1v) is 16.0. The fourth-order valence-electron chi connectivity index (χ4n) is 5.67. The Kier molecular flexibility index (Phi) is 8.34. The normalized spacial score (nSPS) is 10.9. The first-order valence-electron chi connectivity index (χ1n) is 14.4. The minimum atomic E-state index is 0. The third kappa shape index (κ3) is 5.61. The quantitative estimate of drug-likeness (QED) is 0.167. The molecule has 9 rings (SSSR count). The molecule has 0 spiro atoms. The molecule has 0 atom stereocenters. The Labute approximate surface area is 283 Å². The molecule has 2 nitrogen and oxygen atoms in total. The smallest absolute Gasteiger partial charge is 0.0540 e. The molecule has 9 aromatic rings. The van der Waals surface area contributed by atoms with Crippen molar-refractivity contribution in [2.45, 2.75) is 0 Å². The van der Waals surface area contributed by atoms with Gasteiger partial charge in [0.2, 0.25) is 0 Å². The van der Waals surface area contributed by atoms with E-state index in [0.29, 0.717) is 0 Å². The molecule has 5 heteroatoms. The molecular weight excluding hydrogens is 765 g/mol. The van der Waals surface area contributed by atoms with Gasteiger partial charge in [0, 0.05) is 63.4 Å². The third-order valence-corrected chi connectivity index (χ3v) is 10.2. The van der Waals surface area contributed by atoms with E-state index in [1.54, 1.807) is 6.20 Å². The van der Waals surface area contributed by atoms with Gasteiger partial charge in [-0.3, -0.25) is 0 Å². The van der Waals surface area contributed by atoms with Crippen molar-refractivity contribution < 1.29 is 20.1 Å². The number of nitrogens with zero attached hydrogens (tertiary/aromatic N) is 2. The summed E-state index contributed by atoms with van der Waals surface area (Å²) in [6, 6.07) is 52.4. The van der Waals surface area contributed by atoms with Gasteiger partial charge in [-0.1, -0.05) is 54.6 Å². The standard InChI is InChI=1S/C29H16NS2.C11H8N.Ir/c1-2-8-18(9-3-1)24-16-19(14-15-30-24)22-17-23-20-10-4-6-12-25(20)31-28(23)29-27(22)21-11-5-7-13-26(21)32-29;1-2-6-10(7-3-1)11-8-4-5-9-12-11;/h1-8,10-17H;1-6,8-9H;/q2*-1;. The average molecular weight is 789 g/mol. The molecule has 0 aliphatic rings. The fourth-order valence-corrected chi connectivity index (χ4v) is 8.22. The maximum atomic E-state index is 4.64. The molecule has 0 bridgehead atoms. The molecule has 0 aliphatic carbocycles. The van der Waals surface area contributed by atoms with Crippen molar-refractivity contribution in [3.8, 4) is 33.6 Å². The Bertz CT molecular complexity index is 2340. The Balaban J connectivity index is 0.000000211. The second kappa shape index (κ2) is 12.8. The Morgan fingerprint density at radius 2 is 1.11 bits per heavy atom. The number of pyridine rings is 2. The Morgan fingerprint density at radius 1 is 0.489 bits per heavy atom. The van der Waals surface area contributed by atoms with Crippen molar-refractivity contribution in [1.82, 2.24) is 9.97 Å². The van der Waals surface area contributed by atoms with Gasteiger partial charge in [-0.2, -0.15) is 0 Å². The van der Waals surface area contributed by atoms with Crippen molar-refractivity contribution in [1.29, 1.82) is 0 Å². The van der Waals surface area contributed by atoms with E-state index in [1.165, 1.54) is 51.5 Å². The number of rotatable bonds is 3. The van der Waals surface area contributed by atoms with E-state index in [4.69, 9.17) is 0 Å². The minimum Gasteiger partial charge on any atom is -0.305 e. The van der Waals surface area contributed by atoms with Crippen molar-refractivity contribution >= 4 is 63.0 Å². The van der Waals surface area contributed by atoms with Crippen LogP contribution in [0.4, 0.5) is 0 Å². The second-order valence-corrected chi connectivity index (χ2v) is 12.5. The van der Waals surface area contributed by atoms with Crippen LogP contribution < -0.4 is 0 Å². The molecule has 0 saturated carbocycles. The molecule has 1 radical (unpaired) electrons. The van der Waals surface area contributed by atoms with Crippen molar-refractivity contribution in [3.05, 3.63) is 158 Å². The zero-order valence-electron chi connectivity index (χ0n) is 23.9. The van der Waals surface area contributed by atoms with E-state index < -0.39 is 0 Å². The molecule has 217 valence electrons. The molecule has 4 heterocycles. The summed E-state index contributed by atoms with van der Waals surface area (Å²) in [4.78, 5) is 8.86. The monoisotopic (exact) mass is 789 g/mol. The summed E-state index contributed by atoms with van der Waals surface area (Å²) >= 11 is 3.81. The molecule has 0 N–H and O–H groups in total. The topological polar surface area (TPSA) is 25.8 Å². The average Bonchev–Trinajstić information content (AvgIpc) is 3.69. The molecule has 45 heavy (non-hydrogen) atoms. The molecule has 0 aliphatic heterocycles. The van der Waals surface area contributed by atoms with Gasteiger partial charge in [0.1, 0.15) is 0 Å². The largest absolute Gasteiger partial charge is 0.305 e. The Morgan fingerprint density at radius 3 is 1.82 bits per heavy atom. The van der Waals surface area contributed by atoms with Crippen LogP contribution in [0.25, 0.3) is 74.0 Å². The first kappa shape index (κ1) is 29.2. The summed E-state index contributed by atoms with van der Waals surface area (Å²) < 4.78 is 5.44. The molecule has 0 amide bonds. The third-order valence-electron chi connectivity index (χ3n) is 7.70. The summed E-state index contributed by atoms with van der Waals surface area (Å²) in [5.41, 5.74) is 6.44. The molecule has 4 aromatic heterocycles. The zero-order chi connectivity index (χ0) is 29.3. The summed E-state index contributed by atoms with van der Waals surface area (Å²) in [7, 11) is 0. The van der Waals surface area contributed by atoms with Crippen LogP contribution in [0.1, 0.15) is 0 Å².